The molecule has 0 spiro atoms. The zero-order chi connectivity index (χ0) is 12.4. The van der Waals surface area contributed by atoms with Crippen LogP contribution in [0.1, 0.15) is 40.0 Å². The average Bonchev–Trinajstić information content (AvgIpc) is 2.23. The van der Waals surface area contributed by atoms with E-state index in [1.807, 2.05) is 11.8 Å². The summed E-state index contributed by atoms with van der Waals surface area (Å²) in [5.74, 6) is 0.230. The minimum absolute atomic E-state index is 0.0545. The maximum absolute atomic E-state index is 11.5. The fraction of sp³-hybridized carbons (Fsp3) is 0.833. The number of ketones is 1. The van der Waals surface area contributed by atoms with Crippen molar-refractivity contribution < 1.29 is 9.59 Å². The second kappa shape index (κ2) is 9.33. The lowest BCUT2D eigenvalue weighted by Crippen LogP contribution is -2.38. The highest BCUT2D eigenvalue weighted by Crippen LogP contribution is 1.95. The first-order chi connectivity index (χ1) is 7.60. The number of Topliss-reactive ketones (excluding diaryl/α,β-unsaturated/α-hetero) is 1. The molecule has 0 aromatic heterocycles. The quantitative estimate of drug-likeness (QED) is 0.645. The summed E-state index contributed by atoms with van der Waals surface area (Å²) in [6, 6.07) is 0. The highest BCUT2D eigenvalue weighted by molar-refractivity contribution is 5.78. The lowest BCUT2D eigenvalue weighted by molar-refractivity contribution is -0.123. The number of carbonyl (C=O) groups is 2. The van der Waals surface area contributed by atoms with Crippen molar-refractivity contribution in [1.82, 2.24) is 10.2 Å². The van der Waals surface area contributed by atoms with Crippen LogP contribution in [0.4, 0.5) is 0 Å². The van der Waals surface area contributed by atoms with Crippen molar-refractivity contribution in [3.8, 4) is 0 Å². The number of hydrogen-bond acceptors (Lipinski definition) is 3. The third kappa shape index (κ3) is 8.41. The fourth-order valence-corrected chi connectivity index (χ4v) is 1.43. The van der Waals surface area contributed by atoms with E-state index in [0.29, 0.717) is 19.5 Å². The van der Waals surface area contributed by atoms with Gasteiger partial charge in [0.25, 0.3) is 0 Å². The average molecular weight is 228 g/mol. The topological polar surface area (TPSA) is 49.4 Å². The second-order valence-corrected chi connectivity index (χ2v) is 4.08. The number of carbonyl (C=O) groups excluding carboxylic acids is 2. The van der Waals surface area contributed by atoms with E-state index in [1.54, 1.807) is 6.92 Å². The molecule has 0 saturated carbocycles. The van der Waals surface area contributed by atoms with Crippen LogP contribution in [0.15, 0.2) is 0 Å². The van der Waals surface area contributed by atoms with E-state index < -0.39 is 0 Å². The molecule has 0 fully saturated rings. The van der Waals surface area contributed by atoms with Crippen molar-refractivity contribution in [1.29, 1.82) is 0 Å². The zero-order valence-electron chi connectivity index (χ0n) is 10.7. The predicted molar refractivity (Wildman–Crippen MR) is 65.3 cm³/mol. The molecular formula is C12H24N2O2. The summed E-state index contributed by atoms with van der Waals surface area (Å²) < 4.78 is 0. The summed E-state index contributed by atoms with van der Waals surface area (Å²) in [4.78, 5) is 24.4. The van der Waals surface area contributed by atoms with Crippen molar-refractivity contribution >= 4 is 11.7 Å². The van der Waals surface area contributed by atoms with Gasteiger partial charge in [-0.25, -0.2) is 0 Å². The van der Waals surface area contributed by atoms with Crippen LogP contribution in [0.5, 0.6) is 0 Å². The SMILES string of the molecule is CCCNC(=O)CN(CCC)CCC(C)=O. The van der Waals surface area contributed by atoms with Crippen molar-refractivity contribution in [3.63, 3.8) is 0 Å². The van der Waals surface area contributed by atoms with Crippen LogP contribution in [0.25, 0.3) is 0 Å². The Kier molecular flexibility index (Phi) is 8.81. The van der Waals surface area contributed by atoms with Gasteiger partial charge in [-0.1, -0.05) is 13.8 Å². The summed E-state index contributed by atoms with van der Waals surface area (Å²) in [5.41, 5.74) is 0. The maximum Gasteiger partial charge on any atom is 0.234 e. The van der Waals surface area contributed by atoms with Crippen molar-refractivity contribution in [2.75, 3.05) is 26.2 Å². The van der Waals surface area contributed by atoms with Crippen LogP contribution in [-0.2, 0) is 9.59 Å². The van der Waals surface area contributed by atoms with Gasteiger partial charge in [0.15, 0.2) is 0 Å². The highest BCUT2D eigenvalue weighted by atomic mass is 16.2. The maximum atomic E-state index is 11.5. The van der Waals surface area contributed by atoms with E-state index in [9.17, 15) is 9.59 Å². The first-order valence-corrected chi connectivity index (χ1v) is 6.08. The Morgan fingerprint density at radius 3 is 2.31 bits per heavy atom. The molecule has 0 radical (unpaired) electrons. The zero-order valence-corrected chi connectivity index (χ0v) is 10.7. The Balaban J connectivity index is 3.90. The molecule has 0 saturated heterocycles. The number of hydrogen-bond donors (Lipinski definition) is 1. The Hall–Kier alpha value is -0.900. The van der Waals surface area contributed by atoms with Crippen molar-refractivity contribution in [2.24, 2.45) is 0 Å². The molecule has 0 aliphatic rings. The van der Waals surface area contributed by atoms with Crippen LogP contribution in [0.2, 0.25) is 0 Å². The van der Waals surface area contributed by atoms with E-state index in [0.717, 1.165) is 25.9 Å². The minimum Gasteiger partial charge on any atom is -0.355 e. The van der Waals surface area contributed by atoms with Crippen molar-refractivity contribution in [2.45, 2.75) is 40.0 Å². The molecule has 16 heavy (non-hydrogen) atoms. The smallest absolute Gasteiger partial charge is 0.234 e. The van der Waals surface area contributed by atoms with Gasteiger partial charge in [0, 0.05) is 19.5 Å². The largest absolute Gasteiger partial charge is 0.355 e. The molecular weight excluding hydrogens is 204 g/mol. The van der Waals surface area contributed by atoms with Gasteiger partial charge in [0.2, 0.25) is 5.91 Å². The summed E-state index contributed by atoms with van der Waals surface area (Å²) in [5, 5.41) is 2.84. The van der Waals surface area contributed by atoms with Crippen LogP contribution in [0, 0.1) is 0 Å². The van der Waals surface area contributed by atoms with E-state index in [2.05, 4.69) is 12.2 Å². The second-order valence-electron chi connectivity index (χ2n) is 4.08. The van der Waals surface area contributed by atoms with E-state index in [1.165, 1.54) is 0 Å². The van der Waals surface area contributed by atoms with Crippen LogP contribution >= 0.6 is 0 Å². The van der Waals surface area contributed by atoms with E-state index >= 15 is 0 Å². The number of amides is 1. The highest BCUT2D eigenvalue weighted by Gasteiger charge is 2.09. The molecule has 0 aromatic rings. The number of nitrogens with zero attached hydrogens (tertiary/aromatic N) is 1. The number of rotatable bonds is 9. The number of nitrogens with one attached hydrogen (secondary N) is 1. The standard InChI is InChI=1S/C12H24N2O2/c1-4-7-13-12(16)10-14(8-5-2)9-6-11(3)15/h4-10H2,1-3H3,(H,13,16). The first kappa shape index (κ1) is 15.1. The van der Waals surface area contributed by atoms with Gasteiger partial charge in [-0.15, -0.1) is 0 Å². The summed E-state index contributed by atoms with van der Waals surface area (Å²) in [6.45, 7) is 8.37. The van der Waals surface area contributed by atoms with Gasteiger partial charge < -0.3 is 5.32 Å². The molecule has 0 aromatic carbocycles. The normalized spacial score (nSPS) is 10.5. The van der Waals surface area contributed by atoms with Crippen molar-refractivity contribution in [3.05, 3.63) is 0 Å². The molecule has 94 valence electrons. The Morgan fingerprint density at radius 1 is 1.12 bits per heavy atom. The van der Waals surface area contributed by atoms with Gasteiger partial charge in [-0.05, 0) is 26.3 Å². The Morgan fingerprint density at radius 2 is 1.81 bits per heavy atom. The minimum atomic E-state index is 0.0545. The van der Waals surface area contributed by atoms with Gasteiger partial charge >= 0.3 is 0 Å². The third-order valence-electron chi connectivity index (χ3n) is 2.26. The molecule has 1 amide bonds. The molecule has 0 unspecified atom stereocenters. The lowest BCUT2D eigenvalue weighted by Gasteiger charge is -2.20. The van der Waals surface area contributed by atoms with Gasteiger partial charge in [0.05, 0.1) is 6.54 Å². The Bertz CT molecular complexity index is 217. The van der Waals surface area contributed by atoms with Gasteiger partial charge in [0.1, 0.15) is 5.78 Å². The van der Waals surface area contributed by atoms with Crippen LogP contribution in [0.3, 0.4) is 0 Å². The lowest BCUT2D eigenvalue weighted by atomic mass is 10.2. The molecule has 4 heteroatoms. The molecule has 4 nitrogen and oxygen atoms in total. The predicted octanol–water partition coefficient (Wildman–Crippen LogP) is 1.20. The fourth-order valence-electron chi connectivity index (χ4n) is 1.43. The Labute approximate surface area is 98.4 Å². The van der Waals surface area contributed by atoms with E-state index in [-0.39, 0.29) is 11.7 Å². The van der Waals surface area contributed by atoms with E-state index in [4.69, 9.17) is 0 Å². The molecule has 0 bridgehead atoms. The molecule has 0 aliphatic heterocycles. The molecule has 0 rings (SSSR count). The molecule has 0 aliphatic carbocycles. The molecule has 0 heterocycles. The first-order valence-electron chi connectivity index (χ1n) is 6.08. The summed E-state index contributed by atoms with van der Waals surface area (Å²) in [6.07, 6.45) is 2.48. The van der Waals surface area contributed by atoms with Crippen LogP contribution < -0.4 is 5.32 Å². The van der Waals surface area contributed by atoms with Gasteiger partial charge in [-0.3, -0.25) is 14.5 Å². The molecule has 0 atom stereocenters. The summed E-state index contributed by atoms with van der Waals surface area (Å²) >= 11 is 0. The van der Waals surface area contributed by atoms with Gasteiger partial charge in [-0.2, -0.15) is 0 Å². The third-order valence-corrected chi connectivity index (χ3v) is 2.26. The summed E-state index contributed by atoms with van der Waals surface area (Å²) in [7, 11) is 0. The van der Waals surface area contributed by atoms with Crippen LogP contribution in [-0.4, -0.2) is 42.8 Å². The monoisotopic (exact) mass is 228 g/mol. The molecule has 1 N–H and O–H groups in total.